The van der Waals surface area contributed by atoms with Crippen molar-refractivity contribution < 1.29 is 5.11 Å². The number of aliphatic hydroxyl groups excluding tert-OH is 1. The number of nitrogens with one attached hydrogen (secondary N) is 1. The van der Waals surface area contributed by atoms with E-state index in [1.807, 2.05) is 16.8 Å². The maximum atomic E-state index is 9.88. The van der Waals surface area contributed by atoms with Crippen molar-refractivity contribution >= 4 is 54.5 Å². The summed E-state index contributed by atoms with van der Waals surface area (Å²) in [4.78, 5) is 1.24. The van der Waals surface area contributed by atoms with Crippen LogP contribution in [0.15, 0.2) is 31.2 Å². The Morgan fingerprint density at radius 2 is 2.24 bits per heavy atom. The Bertz CT molecular complexity index is 450. The lowest BCUT2D eigenvalue weighted by molar-refractivity contribution is 0.175. The van der Waals surface area contributed by atoms with Crippen molar-refractivity contribution in [1.29, 1.82) is 0 Å². The van der Waals surface area contributed by atoms with Crippen molar-refractivity contribution in [2.45, 2.75) is 12.6 Å². The molecule has 92 valence electrons. The van der Waals surface area contributed by atoms with Gasteiger partial charge in [-0.2, -0.15) is 11.3 Å². The quantitative estimate of drug-likeness (QED) is 0.795. The highest BCUT2D eigenvalue weighted by Gasteiger charge is 2.08. The molecule has 0 saturated heterocycles. The number of hydrogen-bond acceptors (Lipinski definition) is 4. The van der Waals surface area contributed by atoms with E-state index in [-0.39, 0.29) is 0 Å². The Hall–Kier alpha value is 0.280. The molecule has 2 aromatic heterocycles. The third-order valence-corrected chi connectivity index (χ3v) is 6.22. The number of hydrogen-bond donors (Lipinski definition) is 2. The van der Waals surface area contributed by atoms with Crippen LogP contribution in [0.4, 0.5) is 0 Å². The zero-order valence-electron chi connectivity index (χ0n) is 8.82. The van der Waals surface area contributed by atoms with Crippen LogP contribution >= 0.6 is 54.5 Å². The lowest BCUT2D eigenvalue weighted by Crippen LogP contribution is -2.20. The van der Waals surface area contributed by atoms with Gasteiger partial charge < -0.3 is 10.4 Å². The molecule has 6 heteroatoms. The molecule has 0 bridgehead atoms. The van der Waals surface area contributed by atoms with E-state index in [1.54, 1.807) is 22.7 Å². The van der Waals surface area contributed by atoms with Gasteiger partial charge in [0.2, 0.25) is 0 Å². The fourth-order valence-corrected chi connectivity index (χ4v) is 4.25. The topological polar surface area (TPSA) is 32.3 Å². The van der Waals surface area contributed by atoms with Crippen molar-refractivity contribution in [2.75, 3.05) is 6.54 Å². The molecule has 0 aliphatic carbocycles. The molecule has 0 aromatic carbocycles. The molecule has 0 amide bonds. The number of rotatable bonds is 5. The minimum absolute atomic E-state index is 0.423. The highest BCUT2D eigenvalue weighted by molar-refractivity contribution is 9.13. The Balaban J connectivity index is 1.80. The summed E-state index contributed by atoms with van der Waals surface area (Å²) in [6.45, 7) is 1.35. The summed E-state index contributed by atoms with van der Waals surface area (Å²) in [5, 5.41) is 17.1. The van der Waals surface area contributed by atoms with Crippen LogP contribution in [-0.2, 0) is 6.54 Å². The maximum absolute atomic E-state index is 9.88. The predicted octanol–water partition coefficient (Wildman–Crippen LogP) is 4.16. The summed E-state index contributed by atoms with van der Waals surface area (Å²) in [6, 6.07) is 4.04. The molecule has 0 aliphatic heterocycles. The van der Waals surface area contributed by atoms with Gasteiger partial charge in [-0.3, -0.25) is 0 Å². The van der Waals surface area contributed by atoms with Gasteiger partial charge in [-0.05, 0) is 60.3 Å². The van der Waals surface area contributed by atoms with E-state index in [0.29, 0.717) is 6.54 Å². The zero-order valence-corrected chi connectivity index (χ0v) is 13.6. The first-order valence-electron chi connectivity index (χ1n) is 5.01. The first kappa shape index (κ1) is 13.7. The van der Waals surface area contributed by atoms with Crippen molar-refractivity contribution in [1.82, 2.24) is 5.32 Å². The van der Waals surface area contributed by atoms with Gasteiger partial charge in [0.25, 0.3) is 0 Å². The molecule has 2 aromatic rings. The van der Waals surface area contributed by atoms with Gasteiger partial charge >= 0.3 is 0 Å². The molecule has 2 N–H and O–H groups in total. The minimum atomic E-state index is -0.423. The van der Waals surface area contributed by atoms with Crippen molar-refractivity contribution in [3.8, 4) is 0 Å². The second-order valence-corrected chi connectivity index (χ2v) is 7.63. The Morgan fingerprint density at radius 1 is 1.41 bits per heavy atom. The van der Waals surface area contributed by atoms with Crippen LogP contribution < -0.4 is 5.32 Å². The minimum Gasteiger partial charge on any atom is -0.387 e. The molecular formula is C11H11Br2NOS2. The largest absolute Gasteiger partial charge is 0.387 e. The monoisotopic (exact) mass is 395 g/mol. The molecule has 2 nitrogen and oxygen atoms in total. The first-order valence-corrected chi connectivity index (χ1v) is 8.36. The fraction of sp³-hybridized carbons (Fsp3) is 0.273. The summed E-state index contributed by atoms with van der Waals surface area (Å²) in [5.74, 6) is 0. The van der Waals surface area contributed by atoms with Crippen LogP contribution in [0.3, 0.4) is 0 Å². The average Bonchev–Trinajstić information content (AvgIpc) is 2.90. The van der Waals surface area contributed by atoms with Gasteiger partial charge in [-0.25, -0.2) is 0 Å². The zero-order chi connectivity index (χ0) is 12.3. The van der Waals surface area contributed by atoms with E-state index < -0.39 is 6.10 Å². The van der Waals surface area contributed by atoms with Gasteiger partial charge in [-0.1, -0.05) is 0 Å². The van der Waals surface area contributed by atoms with Gasteiger partial charge in [0.15, 0.2) is 0 Å². The fourth-order valence-electron chi connectivity index (χ4n) is 1.39. The number of halogens is 2. The van der Waals surface area contributed by atoms with Gasteiger partial charge in [0, 0.05) is 22.4 Å². The molecule has 0 aliphatic rings. The molecule has 0 fully saturated rings. The van der Waals surface area contributed by atoms with Gasteiger partial charge in [-0.15, -0.1) is 11.3 Å². The maximum Gasteiger partial charge on any atom is 0.0922 e. The van der Waals surface area contributed by atoms with E-state index >= 15 is 0 Å². The number of thiophene rings is 2. The SMILES string of the molecule is OC(CNCc1cc(Br)c(Br)s1)c1ccsc1. The van der Waals surface area contributed by atoms with Crippen molar-refractivity contribution in [2.24, 2.45) is 0 Å². The Labute approximate surface area is 125 Å². The van der Waals surface area contributed by atoms with Gasteiger partial charge in [0.05, 0.1) is 9.89 Å². The molecule has 0 spiro atoms. The van der Waals surface area contributed by atoms with E-state index in [1.165, 1.54) is 4.88 Å². The van der Waals surface area contributed by atoms with E-state index in [9.17, 15) is 5.11 Å². The molecule has 1 unspecified atom stereocenters. The van der Waals surface area contributed by atoms with Crippen molar-refractivity contribution in [3.05, 3.63) is 41.6 Å². The molecule has 2 rings (SSSR count). The van der Waals surface area contributed by atoms with E-state index in [4.69, 9.17) is 0 Å². The second kappa shape index (κ2) is 6.45. The molecule has 17 heavy (non-hydrogen) atoms. The summed E-state index contributed by atoms with van der Waals surface area (Å²) < 4.78 is 2.19. The standard InChI is InChI=1S/C11H11Br2NOS2/c12-9-3-8(17-11(9)13)4-14-5-10(15)7-1-2-16-6-7/h1-3,6,10,14-15H,4-5H2. The number of aliphatic hydroxyl groups is 1. The van der Waals surface area contributed by atoms with Crippen LogP contribution in [0.25, 0.3) is 0 Å². The van der Waals surface area contributed by atoms with E-state index in [2.05, 4.69) is 43.2 Å². The molecule has 2 heterocycles. The van der Waals surface area contributed by atoms with Crippen molar-refractivity contribution in [3.63, 3.8) is 0 Å². The highest BCUT2D eigenvalue weighted by Crippen LogP contribution is 2.32. The summed E-state index contributed by atoms with van der Waals surface area (Å²) in [7, 11) is 0. The summed E-state index contributed by atoms with van der Waals surface area (Å²) in [6.07, 6.45) is -0.423. The molecular weight excluding hydrogens is 386 g/mol. The lowest BCUT2D eigenvalue weighted by atomic mass is 10.2. The highest BCUT2D eigenvalue weighted by atomic mass is 79.9. The van der Waals surface area contributed by atoms with Crippen LogP contribution in [0.2, 0.25) is 0 Å². The van der Waals surface area contributed by atoms with Crippen LogP contribution in [-0.4, -0.2) is 11.7 Å². The molecule has 0 saturated carbocycles. The Morgan fingerprint density at radius 3 is 2.82 bits per heavy atom. The predicted molar refractivity (Wildman–Crippen MR) is 80.7 cm³/mol. The third kappa shape index (κ3) is 3.87. The third-order valence-electron chi connectivity index (χ3n) is 2.26. The summed E-state index contributed by atoms with van der Waals surface area (Å²) in [5.41, 5.74) is 0.982. The molecule has 0 radical (unpaired) electrons. The van der Waals surface area contributed by atoms with E-state index in [0.717, 1.165) is 20.4 Å². The second-order valence-electron chi connectivity index (χ2n) is 3.54. The summed E-state index contributed by atoms with van der Waals surface area (Å²) >= 11 is 10.2. The molecule has 1 atom stereocenters. The average molecular weight is 397 g/mol. The smallest absolute Gasteiger partial charge is 0.0922 e. The first-order chi connectivity index (χ1) is 8.16. The normalized spacial score (nSPS) is 12.9. The van der Waals surface area contributed by atoms with Crippen LogP contribution in [0.1, 0.15) is 16.5 Å². The van der Waals surface area contributed by atoms with Crippen LogP contribution in [0.5, 0.6) is 0 Å². The van der Waals surface area contributed by atoms with Crippen LogP contribution in [0, 0.1) is 0 Å². The lowest BCUT2D eigenvalue weighted by Gasteiger charge is -2.09. The van der Waals surface area contributed by atoms with Gasteiger partial charge in [0.1, 0.15) is 0 Å². The Kier molecular flexibility index (Phi) is 5.20.